The standard InChI is InChI=1S/C18H27NO2.C18H27NOS.C17H26N2O2.C17H26N2OS.C10H10N2P2S5.C10H18O3.C8H11N.CH4.2ClH/c1-14(17(21-2)16-10-6-7-11-16)18(20)19-13-12-15-8-4-3-5-9-15;1-14(17(20-2)16-10-6-7-11-16)18(21)19-13-12-15-8-4-3-5-9-15;1-13(16(21-2)15-9-6-11-18-15)17(20)19-12-10-14-7-4-3-5-8-14;1-13(16(20-2)15-9-6-11-18-15)17(21)19-12-10-14-7-4-3-5-8-14;15-13(16,11-7-3-1-4-8-11)19-14(17,18)12-9-5-2-6-10-12;1-7(10(11)12)9(13-2)8-5-3-4-6-8;9-7-6-8-4-2-1-3-5-8;;;/h3-5,8-9,14,16-17H,6-7,10-13H2,1-2H3,(H,19,20);3-5,8-9,14,16-17H,6-7,10-13H2,1-2H3,(H,19,21);3-5,7-8,13,15-16,18H,6,9-12H2,1-2H3,(H,19,20);3-5,7-8,13,15-16,18H,6,9-12H2,1-2H3,(H,19,21);1-10H;7-9H,3-6H2,1-2H3,(H,11,12);1-5H,6-7,9H2;1H4;2*1H/t2*14-,17-;2*13-,15+,16-;;7-,9-;;;;/m1111.1..../s1. The Balaban J connectivity index is 0.000000388. The van der Waals surface area contributed by atoms with Crippen molar-refractivity contribution in [1.82, 2.24) is 31.9 Å². The van der Waals surface area contributed by atoms with E-state index in [-0.39, 0.29) is 98.2 Å². The van der Waals surface area contributed by atoms with Gasteiger partial charge in [0.1, 0.15) is 9.18 Å². The third-order valence-corrected chi connectivity index (χ3v) is 42.8. The van der Waals surface area contributed by atoms with E-state index < -0.39 is 15.2 Å². The molecule has 18 nitrogen and oxygen atoms in total. The number of rotatable bonds is 38. The number of nitrogens with one attached hydrogen (secondary N) is 6. The lowest BCUT2D eigenvalue weighted by atomic mass is 9.90. The van der Waals surface area contributed by atoms with E-state index in [0.29, 0.717) is 48.8 Å². The highest BCUT2D eigenvalue weighted by Crippen LogP contribution is 2.71. The number of thiocarbonyl (C=S) groups is 2. The van der Waals surface area contributed by atoms with Crippen molar-refractivity contribution < 1.29 is 51.8 Å². The number of nitrogens with zero attached hydrogens (tertiary/aromatic N) is 2. The molecule has 3 aliphatic carbocycles. The first-order valence-corrected chi connectivity index (χ1v) is 55.4. The van der Waals surface area contributed by atoms with Crippen LogP contribution in [0.5, 0.6) is 0 Å². The van der Waals surface area contributed by atoms with Crippen LogP contribution < -0.4 is 46.3 Å². The molecule has 712 valence electrons. The van der Waals surface area contributed by atoms with Crippen LogP contribution in [-0.2, 0) is 118 Å². The number of aromatic nitrogens is 2. The molecule has 0 radical (unpaired) electrons. The molecule has 3 saturated carbocycles. The molecule has 9 N–H and O–H groups in total. The topological polar surface area (TPSA) is 224 Å². The molecular formula is C99H151Cl2N9O9P2S7. The van der Waals surface area contributed by atoms with Crippen molar-refractivity contribution in [3.8, 4) is 0 Å². The lowest BCUT2D eigenvalue weighted by Crippen LogP contribution is -2.46. The van der Waals surface area contributed by atoms with E-state index in [2.05, 4.69) is 137 Å². The average molecular weight is 1970 g/mol. The molecule has 2 amide bonds. The van der Waals surface area contributed by atoms with Gasteiger partial charge in [-0.05, 0) is 203 Å². The van der Waals surface area contributed by atoms with Crippen LogP contribution in [0, 0.1) is 47.3 Å². The van der Waals surface area contributed by atoms with E-state index in [1.807, 2.05) is 151 Å². The number of halogens is 2. The molecule has 5 aromatic carbocycles. The minimum absolute atomic E-state index is 0. The fourth-order valence-electron chi connectivity index (χ4n) is 17.1. The summed E-state index contributed by atoms with van der Waals surface area (Å²) < 4.78 is 27.2. The summed E-state index contributed by atoms with van der Waals surface area (Å²) in [6.45, 7) is 16.0. The smallest absolute Gasteiger partial charge is 0.308 e. The molecule has 29 heteroatoms. The van der Waals surface area contributed by atoms with Crippen molar-refractivity contribution in [3.05, 3.63) is 241 Å². The quantitative estimate of drug-likeness (QED) is 0.0102. The summed E-state index contributed by atoms with van der Waals surface area (Å²) in [6.07, 6.45) is 32.1. The fraction of sp³-hybridized carbons (Fsp3) is 0.545. The lowest BCUT2D eigenvalue weighted by Gasteiger charge is -2.29. The highest BCUT2D eigenvalue weighted by Gasteiger charge is 2.37. The number of carbonyl (C=O) groups excluding carboxylic acids is 2. The van der Waals surface area contributed by atoms with E-state index in [0.717, 1.165) is 100 Å². The molecule has 2 saturated heterocycles. The second-order valence-electron chi connectivity index (χ2n) is 33.0. The first kappa shape index (κ1) is 117. The zero-order chi connectivity index (χ0) is 90.6. The van der Waals surface area contributed by atoms with Gasteiger partial charge in [0.05, 0.1) is 58.3 Å². The van der Waals surface area contributed by atoms with Gasteiger partial charge < -0.3 is 90.9 Å². The second kappa shape index (κ2) is 67.4. The molecule has 2 aromatic heterocycles. The van der Waals surface area contributed by atoms with Crippen molar-refractivity contribution in [2.75, 3.05) is 81.4 Å². The van der Waals surface area contributed by atoms with Gasteiger partial charge in [0.15, 0.2) is 24.8 Å². The zero-order valence-corrected chi connectivity index (χ0v) is 85.6. The number of ether oxygens (including phenoxy) is 5. The molecular weight excluding hydrogens is 1820 g/mol. The van der Waals surface area contributed by atoms with Crippen molar-refractivity contribution in [2.24, 2.45) is 53.1 Å². The first-order chi connectivity index (χ1) is 60.4. The van der Waals surface area contributed by atoms with Gasteiger partial charge in [-0.2, -0.15) is 8.68 Å². The molecule has 2 aliphatic heterocycles. The Labute approximate surface area is 816 Å². The number of hydrogen-bond acceptors (Lipinski definition) is 18. The number of carboxylic acids is 1. The second-order valence-corrected chi connectivity index (χ2v) is 52.5. The minimum Gasteiger partial charge on any atom is -0.665 e. The van der Waals surface area contributed by atoms with E-state index in [4.69, 9.17) is 107 Å². The number of carbonyl (C=O) groups is 3. The number of benzene rings is 5. The fourth-order valence-corrected chi connectivity index (χ4v) is 41.1. The van der Waals surface area contributed by atoms with Gasteiger partial charge in [-0.3, -0.25) is 14.4 Å². The van der Waals surface area contributed by atoms with Crippen LogP contribution in [0.15, 0.2) is 213 Å². The highest BCUT2D eigenvalue weighted by molar-refractivity contribution is 9.16. The zero-order valence-electron chi connectivity index (χ0n) is 76.4. The van der Waals surface area contributed by atoms with Crippen molar-refractivity contribution in [1.29, 1.82) is 0 Å². The number of carboxylic acid groups (broad SMARTS) is 1. The van der Waals surface area contributed by atoms with Crippen molar-refractivity contribution in [2.45, 2.75) is 219 Å². The van der Waals surface area contributed by atoms with Crippen LogP contribution in [0.25, 0.3) is 0 Å². The first-order valence-electron chi connectivity index (χ1n) is 45.0. The molecule has 0 bridgehead atoms. The Morgan fingerprint density at radius 1 is 0.406 bits per heavy atom. The van der Waals surface area contributed by atoms with Gasteiger partial charge in [0, 0.05) is 110 Å². The van der Waals surface area contributed by atoms with Gasteiger partial charge in [-0.1, -0.05) is 262 Å². The largest absolute Gasteiger partial charge is 0.665 e. The molecule has 12 rings (SSSR count). The summed E-state index contributed by atoms with van der Waals surface area (Å²) in [7, 11) is 8.65. The summed E-state index contributed by atoms with van der Waals surface area (Å²) in [6, 6.07) is 64.0. The van der Waals surface area contributed by atoms with E-state index in [1.165, 1.54) is 116 Å². The Kier molecular flexibility index (Phi) is 61.8. The Hall–Kier alpha value is -4.80. The van der Waals surface area contributed by atoms with E-state index in [9.17, 15) is 14.4 Å². The Morgan fingerprint density at radius 2 is 0.656 bits per heavy atom. The molecule has 0 spiro atoms. The number of pyridine rings is 2. The number of nitrogens with two attached hydrogens (primary N) is 1. The molecule has 128 heavy (non-hydrogen) atoms. The number of aliphatic carboxylic acids is 1. The number of methoxy groups -OCH3 is 5. The number of amides is 2. The minimum atomic E-state index is -2.26. The predicted octanol–water partition coefficient (Wildman–Crippen LogP) is 19.0. The normalized spacial score (nSPS) is 18.5. The Bertz CT molecular complexity index is 3800. The predicted molar refractivity (Wildman–Crippen MR) is 559 cm³/mol. The van der Waals surface area contributed by atoms with Gasteiger partial charge >= 0.3 is 5.97 Å². The van der Waals surface area contributed by atoms with Crippen LogP contribution in [0.4, 0.5) is 0 Å². The molecule has 14 atom stereocenters. The van der Waals surface area contributed by atoms with Crippen molar-refractivity contribution >= 4 is 145 Å². The third kappa shape index (κ3) is 43.3. The van der Waals surface area contributed by atoms with E-state index >= 15 is 0 Å². The van der Waals surface area contributed by atoms with Gasteiger partial charge in [-0.25, -0.2) is 0 Å². The van der Waals surface area contributed by atoms with Gasteiger partial charge in [0.2, 0.25) is 11.8 Å². The summed E-state index contributed by atoms with van der Waals surface area (Å²) in [5.41, 5.74) is 11.9. The Morgan fingerprint density at radius 3 is 0.930 bits per heavy atom. The molecule has 4 heterocycles. The SMILES string of the molecule is C.CO[C@@H](C1CCCC1)[C@@H](C)C(=O)NCCc1ccccc1.CO[C@@H](C1CCCC1)[C@@H](C)C(=O)O.CO[C@@H](C1CCCC1)[C@@H](C)C(=S)NCCc1ccccc1.CO[C@@H]([C@@H]1CCCN1)[C@@H](C)C(=O)NCCc1ccccc1.CO[C@@H]([C@@H]1CCCN1)[C@@H](C)C(=S)NCCc1ccccc1.Cl.Cl.NCCc1ccccc1.S=P([S-])(SP(=S)([S-])[n+]1ccccc1)[n+]1ccccc1. The summed E-state index contributed by atoms with van der Waals surface area (Å²) in [4.78, 5) is 37.2. The third-order valence-electron chi connectivity index (χ3n) is 24.1. The maximum atomic E-state index is 12.3. The molecule has 2 unspecified atom stereocenters. The molecule has 7 aromatic rings. The average Bonchev–Trinajstić information content (AvgIpc) is 1.07. The lowest BCUT2D eigenvalue weighted by molar-refractivity contribution is -0.506. The van der Waals surface area contributed by atoms with Crippen LogP contribution in [0.1, 0.15) is 173 Å². The van der Waals surface area contributed by atoms with Crippen LogP contribution in [0.3, 0.4) is 0 Å². The summed E-state index contributed by atoms with van der Waals surface area (Å²) >= 11 is 34.9. The monoisotopic (exact) mass is 1970 g/mol. The maximum Gasteiger partial charge on any atom is 0.308 e. The molecule has 5 aliphatic rings. The molecule has 5 fully saturated rings. The summed E-state index contributed by atoms with van der Waals surface area (Å²) in [5, 5.41) is 28.7. The van der Waals surface area contributed by atoms with Crippen LogP contribution >= 0.6 is 69.4 Å². The summed E-state index contributed by atoms with van der Waals surface area (Å²) in [5.74, 6) is 1.05. The van der Waals surface area contributed by atoms with Crippen LogP contribution in [-0.4, -0.2) is 157 Å². The number of hydrogen-bond donors (Lipinski definition) is 8. The maximum absolute atomic E-state index is 12.3. The van der Waals surface area contributed by atoms with E-state index in [1.54, 1.807) is 35.4 Å². The van der Waals surface area contributed by atoms with Crippen LogP contribution in [0.2, 0.25) is 0 Å². The van der Waals surface area contributed by atoms with Gasteiger partial charge in [0.25, 0.3) is 0 Å². The van der Waals surface area contributed by atoms with Crippen molar-refractivity contribution in [3.63, 3.8) is 0 Å². The highest BCUT2D eigenvalue weighted by atomic mass is 35.5. The van der Waals surface area contributed by atoms with Gasteiger partial charge in [-0.15, -0.1) is 24.8 Å².